The van der Waals surface area contributed by atoms with Crippen LogP contribution in [0.5, 0.6) is 5.75 Å². The van der Waals surface area contributed by atoms with Gasteiger partial charge in [-0.1, -0.05) is 46.7 Å². The van der Waals surface area contributed by atoms with Crippen LogP contribution in [0, 0.1) is 18.2 Å². The third-order valence-electron chi connectivity index (χ3n) is 6.46. The SMILES string of the molecule is O=C(O)CN(CC(=O)O)Cc1[c-]c2c(-c3ccccc3C(=O)O)c3cc(CN(CC(=O)O)CC(=O)O)c(=O)[c-]c-3oc2[c-]c1O.[Fe+3]. The number of carboxylic acid groups (broad SMARTS) is 5. The molecule has 1 heterocycles. The van der Waals surface area contributed by atoms with Crippen LogP contribution >= 0.6 is 0 Å². The summed E-state index contributed by atoms with van der Waals surface area (Å²) >= 11 is 0. The van der Waals surface area contributed by atoms with Gasteiger partial charge in [-0.05, 0) is 19.2 Å². The molecule has 0 saturated carbocycles. The second-order valence-electron chi connectivity index (χ2n) is 9.84. The molecule has 1 radical (unpaired) electrons. The zero-order valence-corrected chi connectivity index (χ0v) is 24.5. The number of carbonyl (C=O) groups is 5. The first-order valence-electron chi connectivity index (χ1n) is 12.9. The predicted octanol–water partition coefficient (Wildman–Crippen LogP) is 1.31. The molecule has 0 aromatic heterocycles. The van der Waals surface area contributed by atoms with E-state index >= 15 is 0 Å². The Bertz CT molecular complexity index is 1840. The Morgan fingerprint density at radius 1 is 0.739 bits per heavy atom. The summed E-state index contributed by atoms with van der Waals surface area (Å²) in [4.78, 5) is 72.6. The van der Waals surface area contributed by atoms with Crippen molar-refractivity contribution in [3.05, 3.63) is 75.4 Å². The van der Waals surface area contributed by atoms with Gasteiger partial charge in [0.25, 0.3) is 0 Å². The van der Waals surface area contributed by atoms with E-state index < -0.39 is 80.3 Å². The van der Waals surface area contributed by atoms with E-state index in [4.69, 9.17) is 4.42 Å². The van der Waals surface area contributed by atoms with Crippen molar-refractivity contribution in [2.24, 2.45) is 0 Å². The van der Waals surface area contributed by atoms with Crippen LogP contribution in [0.25, 0.3) is 33.4 Å². The first-order chi connectivity index (χ1) is 21.2. The Morgan fingerprint density at radius 3 is 1.83 bits per heavy atom. The monoisotopic (exact) mass is 675 g/mol. The standard InChI is InChI=1S/C30H23N2O13.Fe/c33-21-7-23-19(5-15(21)9-31(11-25(35)36)12-26(37)38)29(17-3-1-2-4-18(17)30(43)44)20-6-16(22(34)8-24(20)45-23)10-32(13-27(39)40)14-28(41)42;/h1-5,34H,9-14H2,(H,35,36)(H,37,38)(H,39,40)(H,41,42)(H,43,44);/q-3;+3. The molecule has 0 fully saturated rings. The molecule has 239 valence electrons. The third-order valence-corrected chi connectivity index (χ3v) is 6.46. The van der Waals surface area contributed by atoms with Crippen LogP contribution in [0.15, 0.2) is 39.5 Å². The number of phenols is 1. The predicted molar refractivity (Wildman–Crippen MR) is 151 cm³/mol. The van der Waals surface area contributed by atoms with E-state index in [9.17, 15) is 59.4 Å². The number of aromatic hydroxyl groups is 1. The molecular weight excluding hydrogens is 652 g/mol. The molecular formula is C30H23FeN2O13. The van der Waals surface area contributed by atoms with Crippen LogP contribution in [-0.4, -0.2) is 96.5 Å². The van der Waals surface area contributed by atoms with E-state index in [0.29, 0.717) is 0 Å². The Labute approximate surface area is 269 Å². The molecule has 0 amide bonds. The molecule has 46 heavy (non-hydrogen) atoms. The van der Waals surface area contributed by atoms with Crippen LogP contribution in [0.1, 0.15) is 21.5 Å². The maximum Gasteiger partial charge on any atom is 3.00 e. The van der Waals surface area contributed by atoms with Crippen LogP contribution in [0.3, 0.4) is 0 Å². The van der Waals surface area contributed by atoms with Gasteiger partial charge in [0.15, 0.2) is 0 Å². The molecule has 4 rings (SSSR count). The van der Waals surface area contributed by atoms with Crippen molar-refractivity contribution in [3.63, 3.8) is 0 Å². The van der Waals surface area contributed by atoms with Gasteiger partial charge >= 0.3 is 46.9 Å². The Morgan fingerprint density at radius 2 is 1.28 bits per heavy atom. The number of carboxylic acids is 5. The van der Waals surface area contributed by atoms with Gasteiger partial charge in [0.05, 0.1) is 37.2 Å². The van der Waals surface area contributed by atoms with Crippen molar-refractivity contribution in [1.82, 2.24) is 9.80 Å². The molecule has 2 aromatic rings. The second-order valence-corrected chi connectivity index (χ2v) is 9.84. The topological polar surface area (TPSA) is 243 Å². The molecule has 0 unspecified atom stereocenters. The minimum atomic E-state index is -1.34. The summed E-state index contributed by atoms with van der Waals surface area (Å²) in [5, 5.41) is 57.6. The summed E-state index contributed by atoms with van der Waals surface area (Å²) in [6.07, 6.45) is 0. The number of benzene rings is 3. The summed E-state index contributed by atoms with van der Waals surface area (Å²) in [6.45, 7) is -3.70. The fourth-order valence-corrected chi connectivity index (χ4v) is 4.79. The van der Waals surface area contributed by atoms with E-state index in [1.807, 2.05) is 0 Å². The van der Waals surface area contributed by atoms with E-state index in [1.54, 1.807) is 0 Å². The number of hydrogen-bond donors (Lipinski definition) is 6. The first kappa shape index (κ1) is 35.2. The third kappa shape index (κ3) is 8.25. The van der Waals surface area contributed by atoms with Crippen molar-refractivity contribution >= 4 is 40.8 Å². The average Bonchev–Trinajstić information content (AvgIpc) is 2.91. The van der Waals surface area contributed by atoms with Gasteiger partial charge in [-0.3, -0.25) is 35.0 Å². The number of rotatable bonds is 14. The van der Waals surface area contributed by atoms with Crippen molar-refractivity contribution < 1.29 is 76.1 Å². The summed E-state index contributed by atoms with van der Waals surface area (Å²) < 4.78 is 5.80. The Kier molecular flexibility index (Phi) is 11.2. The Balaban J connectivity index is 0.00000576. The van der Waals surface area contributed by atoms with Gasteiger partial charge in [-0.15, -0.1) is 5.56 Å². The van der Waals surface area contributed by atoms with Crippen molar-refractivity contribution in [2.45, 2.75) is 13.1 Å². The number of aromatic carboxylic acids is 1. The van der Waals surface area contributed by atoms with E-state index in [0.717, 1.165) is 9.80 Å². The minimum absolute atomic E-state index is 0. The smallest absolute Gasteiger partial charge is 0.576 e. The van der Waals surface area contributed by atoms with Crippen molar-refractivity contribution in [3.8, 4) is 28.2 Å². The Hall–Kier alpha value is -5.28. The fourth-order valence-electron chi connectivity index (χ4n) is 4.79. The zero-order chi connectivity index (χ0) is 33.0. The largest absolute Gasteiger partial charge is 3.00 e. The van der Waals surface area contributed by atoms with Gasteiger partial charge in [0, 0.05) is 5.76 Å². The molecule has 0 bridgehead atoms. The minimum Gasteiger partial charge on any atom is -0.576 e. The van der Waals surface area contributed by atoms with Gasteiger partial charge in [-0.25, -0.2) is 10.2 Å². The molecule has 0 spiro atoms. The fraction of sp³-hybridized carbons (Fsp3) is 0.200. The van der Waals surface area contributed by atoms with Crippen molar-refractivity contribution in [1.29, 1.82) is 0 Å². The van der Waals surface area contributed by atoms with Gasteiger partial charge < -0.3 is 39.9 Å². The maximum absolute atomic E-state index is 13.0. The summed E-state index contributed by atoms with van der Waals surface area (Å²) in [5.41, 5.74) is -1.08. The molecule has 15 nitrogen and oxygen atoms in total. The molecule has 16 heteroatoms. The van der Waals surface area contributed by atoms with Crippen LogP contribution in [-0.2, 0) is 49.3 Å². The number of phenolic OH excluding ortho intramolecular Hbond substituents is 1. The van der Waals surface area contributed by atoms with Gasteiger partial charge in [-0.2, -0.15) is 23.3 Å². The quantitative estimate of drug-likeness (QED) is 0.0627. The maximum atomic E-state index is 13.0. The molecule has 2 aliphatic rings. The molecule has 2 aromatic carbocycles. The van der Waals surface area contributed by atoms with E-state index in [-0.39, 0.29) is 67.2 Å². The number of hydrogen-bond acceptors (Lipinski definition) is 10. The van der Waals surface area contributed by atoms with Gasteiger partial charge in [0.2, 0.25) is 0 Å². The van der Waals surface area contributed by atoms with Crippen LogP contribution < -0.4 is 5.43 Å². The van der Waals surface area contributed by atoms with Crippen molar-refractivity contribution in [2.75, 3.05) is 26.2 Å². The normalized spacial score (nSPS) is 11.1. The summed E-state index contributed by atoms with van der Waals surface area (Å²) in [6, 6.07) is 15.0. The number of aliphatic carboxylic acids is 4. The second kappa shape index (κ2) is 14.7. The molecule has 0 atom stereocenters. The van der Waals surface area contributed by atoms with E-state index in [2.05, 4.69) is 18.2 Å². The molecule has 6 N–H and O–H groups in total. The molecule has 1 aliphatic carbocycles. The van der Waals surface area contributed by atoms with Gasteiger partial charge in [0.1, 0.15) is 0 Å². The first-order valence-corrected chi connectivity index (χ1v) is 12.9. The zero-order valence-electron chi connectivity index (χ0n) is 23.4. The van der Waals surface area contributed by atoms with E-state index in [1.165, 1.54) is 30.3 Å². The average molecular weight is 675 g/mol. The summed E-state index contributed by atoms with van der Waals surface area (Å²) in [7, 11) is 0. The summed E-state index contributed by atoms with van der Waals surface area (Å²) in [5.74, 6) is -7.48. The van der Waals surface area contributed by atoms with Crippen LogP contribution in [0.2, 0.25) is 0 Å². The van der Waals surface area contributed by atoms with Crippen LogP contribution in [0.4, 0.5) is 0 Å². The molecule has 0 saturated heterocycles. The number of nitrogens with zero attached hydrogens (tertiary/aromatic N) is 2. The molecule has 1 aliphatic heterocycles. The number of fused-ring (bicyclic) bond motifs is 2.